The van der Waals surface area contributed by atoms with Gasteiger partial charge in [0.15, 0.2) is 0 Å². The number of nitrogens with zero attached hydrogens (tertiary/aromatic N) is 1. The van der Waals surface area contributed by atoms with E-state index in [2.05, 4.69) is 10.6 Å². The highest BCUT2D eigenvalue weighted by Crippen LogP contribution is 2.20. The van der Waals surface area contributed by atoms with Crippen molar-refractivity contribution < 1.29 is 9.31 Å². The number of nitro groups is 1. The third-order valence-electron chi connectivity index (χ3n) is 3.08. The summed E-state index contributed by atoms with van der Waals surface area (Å²) in [6, 6.07) is 4.05. The van der Waals surface area contributed by atoms with E-state index < -0.39 is 10.7 Å². The van der Waals surface area contributed by atoms with Gasteiger partial charge in [0.2, 0.25) is 0 Å². The number of non-ortho nitro benzene ring substituents is 1. The highest BCUT2D eigenvalue weighted by atomic mass is 19.1. The van der Waals surface area contributed by atoms with Gasteiger partial charge in [-0.25, -0.2) is 4.39 Å². The number of halogens is 1. The third kappa shape index (κ3) is 3.40. The molecule has 2 rings (SSSR count). The third-order valence-corrected chi connectivity index (χ3v) is 3.08. The number of hydrogen-bond acceptors (Lipinski definition) is 4. The lowest BCUT2D eigenvalue weighted by Crippen LogP contribution is -2.24. The minimum atomic E-state index is -0.592. The van der Waals surface area contributed by atoms with Gasteiger partial charge in [-0.3, -0.25) is 10.1 Å². The van der Waals surface area contributed by atoms with Crippen molar-refractivity contribution >= 4 is 11.4 Å². The van der Waals surface area contributed by atoms with Crippen molar-refractivity contribution in [3.8, 4) is 0 Å². The lowest BCUT2D eigenvalue weighted by atomic mass is 10.1. The summed E-state index contributed by atoms with van der Waals surface area (Å²) >= 11 is 0. The molecule has 1 aliphatic rings. The Labute approximate surface area is 105 Å². The maximum atomic E-state index is 13.2. The van der Waals surface area contributed by atoms with Crippen LogP contribution in [0.3, 0.4) is 0 Å². The smallest absolute Gasteiger partial charge is 0.274 e. The predicted octanol–water partition coefficient (Wildman–Crippen LogP) is 2.29. The fourth-order valence-electron chi connectivity index (χ4n) is 2.18. The average molecular weight is 253 g/mol. The number of nitrogens with one attached hydrogen (secondary N) is 2. The van der Waals surface area contributed by atoms with Gasteiger partial charge in [0.05, 0.1) is 11.0 Å². The molecule has 1 aromatic rings. The zero-order valence-electron chi connectivity index (χ0n) is 9.99. The largest absolute Gasteiger partial charge is 0.385 e. The van der Waals surface area contributed by atoms with E-state index in [0.29, 0.717) is 18.3 Å². The van der Waals surface area contributed by atoms with E-state index >= 15 is 0 Å². The molecule has 0 radical (unpaired) electrons. The van der Waals surface area contributed by atoms with Crippen molar-refractivity contribution in [3.05, 3.63) is 34.1 Å². The van der Waals surface area contributed by atoms with E-state index in [4.69, 9.17) is 0 Å². The van der Waals surface area contributed by atoms with Gasteiger partial charge in [-0.05, 0) is 31.9 Å². The lowest BCUT2D eigenvalue weighted by Gasteiger charge is -2.11. The molecule has 2 N–H and O–H groups in total. The molecule has 0 amide bonds. The highest BCUT2D eigenvalue weighted by Gasteiger charge is 2.14. The van der Waals surface area contributed by atoms with Gasteiger partial charge in [0.1, 0.15) is 5.82 Å². The monoisotopic (exact) mass is 253 g/mol. The number of anilines is 1. The van der Waals surface area contributed by atoms with Crippen molar-refractivity contribution in [1.29, 1.82) is 0 Å². The molecule has 18 heavy (non-hydrogen) atoms. The van der Waals surface area contributed by atoms with E-state index in [9.17, 15) is 14.5 Å². The van der Waals surface area contributed by atoms with Crippen molar-refractivity contribution in [2.45, 2.75) is 25.3 Å². The Kier molecular flexibility index (Phi) is 4.09. The summed E-state index contributed by atoms with van der Waals surface area (Å²) in [6.45, 7) is 1.73. The van der Waals surface area contributed by atoms with Gasteiger partial charge in [-0.2, -0.15) is 0 Å². The molecule has 1 aromatic carbocycles. The average Bonchev–Trinajstić information content (AvgIpc) is 2.81. The first kappa shape index (κ1) is 12.8. The van der Waals surface area contributed by atoms with Crippen LogP contribution in [0, 0.1) is 15.9 Å². The highest BCUT2D eigenvalue weighted by molar-refractivity contribution is 5.51. The molecule has 0 spiro atoms. The fourth-order valence-corrected chi connectivity index (χ4v) is 2.18. The van der Waals surface area contributed by atoms with Gasteiger partial charge in [-0.1, -0.05) is 0 Å². The predicted molar refractivity (Wildman–Crippen MR) is 67.2 cm³/mol. The topological polar surface area (TPSA) is 67.2 Å². The van der Waals surface area contributed by atoms with Crippen LogP contribution in [0.15, 0.2) is 18.2 Å². The standard InChI is InChI=1S/C12H16FN3O2/c13-9-6-11(8-12(7-9)16(17)18)15-5-3-10-2-1-4-14-10/h6-8,10,14-15H,1-5H2/t10-/m1/s1. The van der Waals surface area contributed by atoms with Crippen LogP contribution >= 0.6 is 0 Å². The zero-order chi connectivity index (χ0) is 13.0. The summed E-state index contributed by atoms with van der Waals surface area (Å²) < 4.78 is 13.2. The van der Waals surface area contributed by atoms with Crippen molar-refractivity contribution in [2.75, 3.05) is 18.4 Å². The Hall–Kier alpha value is -1.69. The van der Waals surface area contributed by atoms with Crippen LogP contribution in [0.1, 0.15) is 19.3 Å². The van der Waals surface area contributed by atoms with Gasteiger partial charge >= 0.3 is 0 Å². The van der Waals surface area contributed by atoms with Gasteiger partial charge in [-0.15, -0.1) is 0 Å². The first-order valence-electron chi connectivity index (χ1n) is 6.07. The molecule has 1 saturated heterocycles. The van der Waals surface area contributed by atoms with Crippen LogP contribution in [0.5, 0.6) is 0 Å². The summed E-state index contributed by atoms with van der Waals surface area (Å²) in [7, 11) is 0. The zero-order valence-corrected chi connectivity index (χ0v) is 9.99. The Morgan fingerprint density at radius 2 is 2.33 bits per heavy atom. The fraction of sp³-hybridized carbons (Fsp3) is 0.500. The van der Waals surface area contributed by atoms with E-state index in [1.54, 1.807) is 0 Å². The van der Waals surface area contributed by atoms with E-state index in [0.717, 1.165) is 25.5 Å². The van der Waals surface area contributed by atoms with Gasteiger partial charge in [0, 0.05) is 24.3 Å². The molecule has 0 aromatic heterocycles. The normalized spacial score (nSPS) is 18.8. The molecular weight excluding hydrogens is 237 g/mol. The molecule has 0 aliphatic carbocycles. The number of hydrogen-bond donors (Lipinski definition) is 2. The number of nitro benzene ring substituents is 1. The second-order valence-electron chi connectivity index (χ2n) is 4.46. The molecule has 0 bridgehead atoms. The Balaban J connectivity index is 1.89. The van der Waals surface area contributed by atoms with Crippen molar-refractivity contribution in [1.82, 2.24) is 5.32 Å². The van der Waals surface area contributed by atoms with Crippen molar-refractivity contribution in [3.63, 3.8) is 0 Å². The second kappa shape index (κ2) is 5.77. The molecule has 1 fully saturated rings. The van der Waals surface area contributed by atoms with E-state index in [1.165, 1.54) is 18.6 Å². The molecule has 6 heteroatoms. The maximum Gasteiger partial charge on any atom is 0.274 e. The SMILES string of the molecule is O=[N+]([O-])c1cc(F)cc(NCC[C@H]2CCCN2)c1. The van der Waals surface area contributed by atoms with Crippen LogP contribution in [0.2, 0.25) is 0 Å². The summed E-state index contributed by atoms with van der Waals surface area (Å²) in [5.41, 5.74) is 0.233. The number of benzene rings is 1. The second-order valence-corrected chi connectivity index (χ2v) is 4.46. The summed E-state index contributed by atoms with van der Waals surface area (Å²) in [4.78, 5) is 10.00. The van der Waals surface area contributed by atoms with Crippen LogP contribution in [-0.4, -0.2) is 24.1 Å². The van der Waals surface area contributed by atoms with Crippen LogP contribution in [0.25, 0.3) is 0 Å². The summed E-state index contributed by atoms with van der Waals surface area (Å²) in [5.74, 6) is -0.592. The van der Waals surface area contributed by atoms with E-state index in [1.807, 2.05) is 0 Å². The number of rotatable bonds is 5. The minimum absolute atomic E-state index is 0.225. The first-order chi connectivity index (χ1) is 8.65. The van der Waals surface area contributed by atoms with Crippen LogP contribution in [0.4, 0.5) is 15.8 Å². The molecule has 5 nitrogen and oxygen atoms in total. The quantitative estimate of drug-likeness (QED) is 0.624. The molecule has 98 valence electrons. The van der Waals surface area contributed by atoms with Crippen LogP contribution < -0.4 is 10.6 Å². The molecular formula is C12H16FN3O2. The van der Waals surface area contributed by atoms with Crippen molar-refractivity contribution in [2.24, 2.45) is 0 Å². The summed E-state index contributed by atoms with van der Waals surface area (Å²) in [6.07, 6.45) is 3.28. The molecule has 1 aliphatic heterocycles. The molecule has 0 unspecified atom stereocenters. The molecule has 0 saturated carbocycles. The molecule has 1 heterocycles. The Morgan fingerprint density at radius 3 is 3.00 bits per heavy atom. The maximum absolute atomic E-state index is 13.2. The first-order valence-corrected chi connectivity index (χ1v) is 6.07. The Morgan fingerprint density at radius 1 is 1.50 bits per heavy atom. The van der Waals surface area contributed by atoms with Crippen LogP contribution in [-0.2, 0) is 0 Å². The lowest BCUT2D eigenvalue weighted by molar-refractivity contribution is -0.385. The summed E-state index contributed by atoms with van der Waals surface area (Å²) in [5, 5.41) is 17.0. The van der Waals surface area contributed by atoms with Gasteiger partial charge in [0.25, 0.3) is 5.69 Å². The Bertz CT molecular complexity index is 433. The minimum Gasteiger partial charge on any atom is -0.385 e. The van der Waals surface area contributed by atoms with E-state index in [-0.39, 0.29) is 5.69 Å². The molecule has 1 atom stereocenters. The van der Waals surface area contributed by atoms with Gasteiger partial charge < -0.3 is 10.6 Å².